The Hall–Kier alpha value is -3.36. The zero-order chi connectivity index (χ0) is 26.0. The molecule has 2 atom stereocenters. The summed E-state index contributed by atoms with van der Waals surface area (Å²) in [4.78, 5) is 30.1. The Labute approximate surface area is 219 Å². The van der Waals surface area contributed by atoms with Crippen molar-refractivity contribution in [1.29, 1.82) is 0 Å². The number of likely N-dealkylation sites (N-methyl/N-ethyl adjacent to an activating group) is 1. The molecule has 36 heavy (non-hydrogen) atoms. The second-order valence-electron chi connectivity index (χ2n) is 8.24. The number of amides is 2. The van der Waals surface area contributed by atoms with Crippen molar-refractivity contribution < 1.29 is 23.8 Å². The predicted octanol–water partition coefficient (Wildman–Crippen LogP) is 5.64. The number of hydrogen-bond donors (Lipinski definition) is 1. The molecule has 9 heteroatoms. The minimum Gasteiger partial charge on any atom is -0.495 e. The van der Waals surface area contributed by atoms with Gasteiger partial charge in [-0.05, 0) is 59.8 Å². The largest absolute Gasteiger partial charge is 0.495 e. The number of fused-ring (bicyclic) bond motifs is 1. The van der Waals surface area contributed by atoms with E-state index in [0.29, 0.717) is 39.1 Å². The molecule has 3 aromatic carbocycles. The first kappa shape index (κ1) is 25.7. The van der Waals surface area contributed by atoms with Crippen molar-refractivity contribution in [3.63, 3.8) is 0 Å². The first-order valence-corrected chi connectivity index (χ1v) is 12.7. The van der Waals surface area contributed by atoms with Gasteiger partial charge in [-0.1, -0.05) is 23.7 Å². The van der Waals surface area contributed by atoms with E-state index in [1.807, 2.05) is 30.5 Å². The van der Waals surface area contributed by atoms with Gasteiger partial charge in [0, 0.05) is 23.2 Å². The summed E-state index contributed by atoms with van der Waals surface area (Å²) in [5.74, 6) is 0.136. The monoisotopic (exact) mass is 526 g/mol. The van der Waals surface area contributed by atoms with Crippen molar-refractivity contribution in [2.45, 2.75) is 16.9 Å². The van der Waals surface area contributed by atoms with E-state index in [-0.39, 0.29) is 11.8 Å². The molecule has 7 nitrogen and oxygen atoms in total. The van der Waals surface area contributed by atoms with Gasteiger partial charge in [-0.3, -0.25) is 9.59 Å². The Morgan fingerprint density at radius 3 is 2.17 bits per heavy atom. The Bertz CT molecular complexity index is 1300. The van der Waals surface area contributed by atoms with Crippen LogP contribution in [0, 0.1) is 0 Å². The van der Waals surface area contributed by atoms with E-state index in [1.54, 1.807) is 54.0 Å². The van der Waals surface area contributed by atoms with Gasteiger partial charge < -0.3 is 24.4 Å². The minimum atomic E-state index is -0.733. The molecular formula is C27H27ClN2O5S. The molecule has 0 radical (unpaired) electrons. The lowest BCUT2D eigenvalue weighted by Gasteiger charge is -2.40. The highest BCUT2D eigenvalue weighted by atomic mass is 35.5. The summed E-state index contributed by atoms with van der Waals surface area (Å²) in [6, 6.07) is 15.7. The van der Waals surface area contributed by atoms with Crippen LogP contribution in [0.15, 0.2) is 59.5 Å². The van der Waals surface area contributed by atoms with Crippen LogP contribution in [0.5, 0.6) is 17.2 Å². The van der Waals surface area contributed by atoms with E-state index in [1.165, 1.54) is 21.3 Å². The van der Waals surface area contributed by atoms with Gasteiger partial charge in [-0.15, -0.1) is 11.8 Å². The first-order chi connectivity index (χ1) is 17.3. The number of halogens is 1. The predicted molar refractivity (Wildman–Crippen MR) is 142 cm³/mol. The number of ether oxygens (including phenoxy) is 3. The molecule has 1 N–H and O–H groups in total. The van der Waals surface area contributed by atoms with Crippen LogP contribution in [0.1, 0.15) is 33.4 Å². The lowest BCUT2D eigenvalue weighted by molar-refractivity contribution is -0.119. The fourth-order valence-electron chi connectivity index (χ4n) is 4.51. The van der Waals surface area contributed by atoms with Crippen molar-refractivity contribution in [3.05, 3.63) is 76.3 Å². The molecule has 0 saturated carbocycles. The highest BCUT2D eigenvalue weighted by Crippen LogP contribution is 2.46. The minimum absolute atomic E-state index is 0.207. The number of nitrogens with zero attached hydrogens (tertiary/aromatic N) is 1. The maximum Gasteiger partial charge on any atom is 0.254 e. The quantitative estimate of drug-likeness (QED) is 0.402. The van der Waals surface area contributed by atoms with Gasteiger partial charge >= 0.3 is 0 Å². The SMILES string of the molecule is COc1ccc(NC(=O)[C@@H]2c3cc(OC)c(OC)cc3C(=O)N(C)[C@H]2c2ccc(SC)cc2)cc1Cl. The lowest BCUT2D eigenvalue weighted by Crippen LogP contribution is -2.44. The van der Waals surface area contributed by atoms with Crippen LogP contribution in [0.25, 0.3) is 0 Å². The third-order valence-electron chi connectivity index (χ3n) is 6.33. The molecule has 188 valence electrons. The van der Waals surface area contributed by atoms with Gasteiger partial charge in [-0.25, -0.2) is 0 Å². The number of benzene rings is 3. The number of rotatable bonds is 7. The third-order valence-corrected chi connectivity index (χ3v) is 7.37. The van der Waals surface area contributed by atoms with E-state index in [2.05, 4.69) is 5.32 Å². The summed E-state index contributed by atoms with van der Waals surface area (Å²) in [6.45, 7) is 0. The molecule has 1 aliphatic rings. The fraction of sp³-hybridized carbons (Fsp3) is 0.259. The van der Waals surface area contributed by atoms with E-state index >= 15 is 0 Å². The molecule has 0 spiro atoms. The van der Waals surface area contributed by atoms with Crippen molar-refractivity contribution in [2.75, 3.05) is 39.9 Å². The topological polar surface area (TPSA) is 77.1 Å². The zero-order valence-corrected chi connectivity index (χ0v) is 22.2. The maximum absolute atomic E-state index is 13.9. The van der Waals surface area contributed by atoms with Crippen molar-refractivity contribution in [3.8, 4) is 17.2 Å². The summed E-state index contributed by atoms with van der Waals surface area (Å²) in [5, 5.41) is 3.35. The normalized spacial score (nSPS) is 16.8. The Balaban J connectivity index is 1.85. The van der Waals surface area contributed by atoms with Crippen molar-refractivity contribution >= 4 is 40.9 Å². The van der Waals surface area contributed by atoms with Gasteiger partial charge in [0.25, 0.3) is 5.91 Å². The zero-order valence-electron chi connectivity index (χ0n) is 20.6. The highest BCUT2D eigenvalue weighted by molar-refractivity contribution is 7.98. The molecule has 0 aliphatic carbocycles. The van der Waals surface area contributed by atoms with E-state index in [4.69, 9.17) is 25.8 Å². The summed E-state index contributed by atoms with van der Waals surface area (Å²) in [5.41, 5.74) is 2.31. The smallest absolute Gasteiger partial charge is 0.254 e. The number of nitrogens with one attached hydrogen (secondary N) is 1. The van der Waals surface area contributed by atoms with Crippen molar-refractivity contribution in [2.24, 2.45) is 0 Å². The number of carbonyl (C=O) groups excluding carboxylic acids is 2. The molecular weight excluding hydrogens is 500 g/mol. The number of methoxy groups -OCH3 is 3. The van der Waals surface area contributed by atoms with Crippen LogP contribution in [0.3, 0.4) is 0 Å². The molecule has 2 amide bonds. The molecule has 0 saturated heterocycles. The second kappa shape index (κ2) is 10.7. The maximum atomic E-state index is 13.9. The van der Waals surface area contributed by atoms with E-state index in [0.717, 1.165) is 10.5 Å². The van der Waals surface area contributed by atoms with Crippen LogP contribution in [0.2, 0.25) is 5.02 Å². The summed E-state index contributed by atoms with van der Waals surface area (Å²) < 4.78 is 16.2. The number of anilines is 1. The molecule has 4 rings (SSSR count). The third kappa shape index (κ3) is 4.70. The summed E-state index contributed by atoms with van der Waals surface area (Å²) in [6.07, 6.45) is 2.00. The summed E-state index contributed by atoms with van der Waals surface area (Å²) in [7, 11) is 6.27. The Morgan fingerprint density at radius 1 is 0.944 bits per heavy atom. The van der Waals surface area contributed by atoms with Gasteiger partial charge in [-0.2, -0.15) is 0 Å². The Morgan fingerprint density at radius 2 is 1.58 bits per heavy atom. The van der Waals surface area contributed by atoms with Gasteiger partial charge in [0.05, 0.1) is 38.3 Å². The average molecular weight is 527 g/mol. The van der Waals surface area contributed by atoms with Crippen LogP contribution in [-0.4, -0.2) is 51.3 Å². The van der Waals surface area contributed by atoms with Gasteiger partial charge in [0.2, 0.25) is 5.91 Å². The number of hydrogen-bond acceptors (Lipinski definition) is 6. The number of thioether (sulfide) groups is 1. The lowest BCUT2D eigenvalue weighted by atomic mass is 9.79. The summed E-state index contributed by atoms with van der Waals surface area (Å²) >= 11 is 7.91. The molecule has 3 aromatic rings. The molecule has 0 fully saturated rings. The average Bonchev–Trinajstić information content (AvgIpc) is 2.89. The van der Waals surface area contributed by atoms with Gasteiger partial charge in [0.15, 0.2) is 11.5 Å². The van der Waals surface area contributed by atoms with Crippen molar-refractivity contribution in [1.82, 2.24) is 4.90 Å². The highest BCUT2D eigenvalue weighted by Gasteiger charge is 2.43. The standard InChI is InChI=1S/C27H27ClN2O5S/c1-30-25(15-6-9-17(36-5)10-7-15)24(26(31)29-16-8-11-21(33-2)20(28)12-16)18-13-22(34-3)23(35-4)14-19(18)27(30)32/h6-14,24-25H,1-5H3,(H,29,31)/t24-,25+/m1/s1. The second-order valence-corrected chi connectivity index (χ2v) is 9.53. The molecule has 1 heterocycles. The van der Waals surface area contributed by atoms with Crippen LogP contribution >= 0.6 is 23.4 Å². The molecule has 0 unspecified atom stereocenters. The Kier molecular flexibility index (Phi) is 7.66. The van der Waals surface area contributed by atoms with E-state index in [9.17, 15) is 9.59 Å². The molecule has 1 aliphatic heterocycles. The number of carbonyl (C=O) groups is 2. The first-order valence-electron chi connectivity index (χ1n) is 11.1. The molecule has 0 aromatic heterocycles. The van der Waals surface area contributed by atoms with Crippen LogP contribution in [0.4, 0.5) is 5.69 Å². The van der Waals surface area contributed by atoms with Gasteiger partial charge in [0.1, 0.15) is 5.75 Å². The van der Waals surface area contributed by atoms with E-state index < -0.39 is 12.0 Å². The van der Waals surface area contributed by atoms with Crippen LogP contribution in [-0.2, 0) is 4.79 Å². The molecule has 0 bridgehead atoms. The van der Waals surface area contributed by atoms with Crippen LogP contribution < -0.4 is 19.5 Å². The fourth-order valence-corrected chi connectivity index (χ4v) is 5.18.